The molecule has 2 aromatic rings. The summed E-state index contributed by atoms with van der Waals surface area (Å²) in [5.41, 5.74) is 4.57. The van der Waals surface area contributed by atoms with Gasteiger partial charge in [0.25, 0.3) is 0 Å². The zero-order valence-corrected chi connectivity index (χ0v) is 13.0. The Kier molecular flexibility index (Phi) is 5.20. The lowest BCUT2D eigenvalue weighted by Gasteiger charge is -2.06. The van der Waals surface area contributed by atoms with Crippen molar-refractivity contribution in [2.24, 2.45) is 0 Å². The van der Waals surface area contributed by atoms with Gasteiger partial charge in [0, 0.05) is 36.0 Å². The summed E-state index contributed by atoms with van der Waals surface area (Å²) in [7, 11) is 0. The van der Waals surface area contributed by atoms with Crippen molar-refractivity contribution in [2.75, 3.05) is 0 Å². The van der Waals surface area contributed by atoms with Crippen LogP contribution in [0.5, 0.6) is 0 Å². The Balaban J connectivity index is 1.85. The fourth-order valence-corrected chi connectivity index (χ4v) is 2.47. The first kappa shape index (κ1) is 16.1. The predicted octanol–water partition coefficient (Wildman–Crippen LogP) is 3.05. The number of benzene rings is 1. The first-order chi connectivity index (χ1) is 10.5. The molecular formula is C17H22N2O3. The number of unbranched alkanes of at least 4 members (excludes halogenated alkanes) is 1. The van der Waals surface area contributed by atoms with Gasteiger partial charge in [-0.05, 0) is 49.9 Å². The quantitative estimate of drug-likeness (QED) is 0.687. The van der Waals surface area contributed by atoms with Crippen LogP contribution in [0.3, 0.4) is 0 Å². The Bertz CT molecular complexity index is 689. The topological polar surface area (TPSA) is 82.2 Å². The van der Waals surface area contributed by atoms with Crippen LogP contribution in [-0.4, -0.2) is 22.0 Å². The van der Waals surface area contributed by atoms with Crippen LogP contribution in [0.15, 0.2) is 18.2 Å². The minimum absolute atomic E-state index is 0.0348. The number of nitrogens with one attached hydrogen (secondary N) is 2. The number of rotatable bonds is 7. The van der Waals surface area contributed by atoms with E-state index in [2.05, 4.69) is 23.3 Å². The molecule has 0 aliphatic heterocycles. The molecule has 0 bridgehead atoms. The van der Waals surface area contributed by atoms with Gasteiger partial charge in [0.05, 0.1) is 0 Å². The summed E-state index contributed by atoms with van der Waals surface area (Å²) in [6.45, 7) is 4.63. The number of aromatic nitrogens is 1. The van der Waals surface area contributed by atoms with E-state index in [1.807, 2.05) is 19.1 Å². The Hall–Kier alpha value is -2.30. The standard InChI is InChI=1S/C17H22N2O3/c1-11-12(2)19-15-8-7-13(9-14(11)15)10-18-16(20)5-3-4-6-17(21)22/h7-9,19H,3-6,10H2,1-2H3,(H,18,20)(H,21,22). The highest BCUT2D eigenvalue weighted by molar-refractivity contribution is 5.85. The van der Waals surface area contributed by atoms with Crippen molar-refractivity contribution in [3.05, 3.63) is 35.0 Å². The Morgan fingerprint density at radius 3 is 2.64 bits per heavy atom. The molecule has 5 heteroatoms. The van der Waals surface area contributed by atoms with Gasteiger partial charge in [0.2, 0.25) is 5.91 Å². The maximum absolute atomic E-state index is 11.7. The minimum atomic E-state index is -0.814. The molecule has 0 fully saturated rings. The van der Waals surface area contributed by atoms with Gasteiger partial charge in [-0.1, -0.05) is 6.07 Å². The van der Waals surface area contributed by atoms with E-state index in [1.165, 1.54) is 10.9 Å². The Morgan fingerprint density at radius 2 is 1.91 bits per heavy atom. The maximum Gasteiger partial charge on any atom is 0.303 e. The van der Waals surface area contributed by atoms with Gasteiger partial charge >= 0.3 is 5.97 Å². The Morgan fingerprint density at radius 1 is 1.18 bits per heavy atom. The maximum atomic E-state index is 11.7. The monoisotopic (exact) mass is 302 g/mol. The fourth-order valence-electron chi connectivity index (χ4n) is 2.47. The molecular weight excluding hydrogens is 280 g/mol. The molecule has 1 aromatic carbocycles. The summed E-state index contributed by atoms with van der Waals surface area (Å²) in [5, 5.41) is 12.6. The molecule has 118 valence electrons. The van der Waals surface area contributed by atoms with E-state index in [4.69, 9.17) is 5.11 Å². The molecule has 1 amide bonds. The predicted molar refractivity (Wildman–Crippen MR) is 85.7 cm³/mol. The lowest BCUT2D eigenvalue weighted by Crippen LogP contribution is -2.22. The Labute approximate surface area is 129 Å². The van der Waals surface area contributed by atoms with Crippen molar-refractivity contribution < 1.29 is 14.7 Å². The summed E-state index contributed by atoms with van der Waals surface area (Å²) >= 11 is 0. The highest BCUT2D eigenvalue weighted by atomic mass is 16.4. The summed E-state index contributed by atoms with van der Waals surface area (Å²) in [5.74, 6) is -0.849. The zero-order valence-electron chi connectivity index (χ0n) is 13.0. The SMILES string of the molecule is Cc1[nH]c2ccc(CNC(=O)CCCCC(=O)O)cc2c1C. The van der Waals surface area contributed by atoms with E-state index >= 15 is 0 Å². The zero-order chi connectivity index (χ0) is 16.1. The lowest BCUT2D eigenvalue weighted by molar-refractivity contribution is -0.137. The minimum Gasteiger partial charge on any atom is -0.481 e. The van der Waals surface area contributed by atoms with Gasteiger partial charge < -0.3 is 15.4 Å². The normalized spacial score (nSPS) is 10.8. The van der Waals surface area contributed by atoms with Crippen molar-refractivity contribution in [1.82, 2.24) is 10.3 Å². The van der Waals surface area contributed by atoms with Gasteiger partial charge in [0.1, 0.15) is 0 Å². The van der Waals surface area contributed by atoms with E-state index in [9.17, 15) is 9.59 Å². The second kappa shape index (κ2) is 7.11. The number of hydrogen-bond acceptors (Lipinski definition) is 2. The molecule has 0 radical (unpaired) electrons. The van der Waals surface area contributed by atoms with Crippen LogP contribution in [0.4, 0.5) is 0 Å². The van der Waals surface area contributed by atoms with Gasteiger partial charge in [-0.3, -0.25) is 9.59 Å². The molecule has 0 saturated heterocycles. The number of aryl methyl sites for hydroxylation is 2. The van der Waals surface area contributed by atoms with Crippen LogP contribution in [0, 0.1) is 13.8 Å². The number of carbonyl (C=O) groups excluding carboxylic acids is 1. The highest BCUT2D eigenvalue weighted by Crippen LogP contribution is 2.22. The van der Waals surface area contributed by atoms with Crippen LogP contribution in [0.1, 0.15) is 42.5 Å². The molecule has 0 aliphatic rings. The van der Waals surface area contributed by atoms with Crippen LogP contribution in [0.2, 0.25) is 0 Å². The average Bonchev–Trinajstić information content (AvgIpc) is 2.76. The largest absolute Gasteiger partial charge is 0.481 e. The third-order valence-electron chi connectivity index (χ3n) is 3.91. The summed E-state index contributed by atoms with van der Waals surface area (Å²) in [6.07, 6.45) is 1.64. The molecule has 1 aromatic heterocycles. The molecule has 3 N–H and O–H groups in total. The third-order valence-corrected chi connectivity index (χ3v) is 3.91. The van der Waals surface area contributed by atoms with Gasteiger partial charge in [-0.15, -0.1) is 0 Å². The smallest absolute Gasteiger partial charge is 0.303 e. The number of carboxylic acids is 1. The number of hydrogen-bond donors (Lipinski definition) is 3. The highest BCUT2D eigenvalue weighted by Gasteiger charge is 2.06. The first-order valence-electron chi connectivity index (χ1n) is 7.53. The second-order valence-electron chi connectivity index (χ2n) is 5.63. The van der Waals surface area contributed by atoms with Crippen molar-refractivity contribution in [3.8, 4) is 0 Å². The molecule has 0 spiro atoms. The number of carbonyl (C=O) groups is 2. The van der Waals surface area contributed by atoms with Crippen molar-refractivity contribution >= 4 is 22.8 Å². The molecule has 0 atom stereocenters. The molecule has 22 heavy (non-hydrogen) atoms. The van der Waals surface area contributed by atoms with Crippen LogP contribution in [0.25, 0.3) is 10.9 Å². The number of H-pyrrole nitrogens is 1. The molecule has 1 heterocycles. The van der Waals surface area contributed by atoms with E-state index in [0.717, 1.165) is 16.8 Å². The van der Waals surface area contributed by atoms with E-state index in [-0.39, 0.29) is 12.3 Å². The van der Waals surface area contributed by atoms with Gasteiger partial charge in [-0.25, -0.2) is 0 Å². The summed E-state index contributed by atoms with van der Waals surface area (Å²) in [6, 6.07) is 6.13. The number of aromatic amines is 1. The lowest BCUT2D eigenvalue weighted by atomic mass is 10.1. The summed E-state index contributed by atoms with van der Waals surface area (Å²) < 4.78 is 0. The number of amides is 1. The van der Waals surface area contributed by atoms with E-state index in [1.54, 1.807) is 0 Å². The van der Waals surface area contributed by atoms with E-state index in [0.29, 0.717) is 25.8 Å². The molecule has 0 unspecified atom stereocenters. The third kappa shape index (κ3) is 4.10. The average molecular weight is 302 g/mol. The second-order valence-corrected chi connectivity index (χ2v) is 5.63. The first-order valence-corrected chi connectivity index (χ1v) is 7.53. The number of fused-ring (bicyclic) bond motifs is 1. The van der Waals surface area contributed by atoms with Gasteiger partial charge in [-0.2, -0.15) is 0 Å². The van der Waals surface area contributed by atoms with Crippen LogP contribution in [-0.2, 0) is 16.1 Å². The summed E-state index contributed by atoms with van der Waals surface area (Å²) in [4.78, 5) is 25.4. The fraction of sp³-hybridized carbons (Fsp3) is 0.412. The van der Waals surface area contributed by atoms with Crippen LogP contribution >= 0.6 is 0 Å². The van der Waals surface area contributed by atoms with Crippen molar-refractivity contribution in [2.45, 2.75) is 46.1 Å². The van der Waals surface area contributed by atoms with Gasteiger partial charge in [0.15, 0.2) is 0 Å². The van der Waals surface area contributed by atoms with E-state index < -0.39 is 5.97 Å². The van der Waals surface area contributed by atoms with Crippen molar-refractivity contribution in [3.63, 3.8) is 0 Å². The molecule has 2 rings (SSSR count). The van der Waals surface area contributed by atoms with Crippen molar-refractivity contribution in [1.29, 1.82) is 0 Å². The molecule has 0 saturated carbocycles. The molecule has 5 nitrogen and oxygen atoms in total. The number of aliphatic carboxylic acids is 1. The van der Waals surface area contributed by atoms with Crippen LogP contribution < -0.4 is 5.32 Å². The molecule has 0 aliphatic carbocycles. The number of carboxylic acid groups (broad SMARTS) is 1.